The van der Waals surface area contributed by atoms with Gasteiger partial charge in [0.1, 0.15) is 0 Å². The van der Waals surface area contributed by atoms with E-state index in [-0.39, 0.29) is 51.4 Å². The van der Waals surface area contributed by atoms with E-state index < -0.39 is 40.6 Å². The zero-order valence-electron chi connectivity index (χ0n) is 17.4. The number of ether oxygens (including phenoxy) is 2. The summed E-state index contributed by atoms with van der Waals surface area (Å²) in [7, 11) is -3.52. The monoisotopic (exact) mass is 484 g/mol. The minimum absolute atomic E-state index is 0.0281. The van der Waals surface area contributed by atoms with Crippen LogP contribution in [0.25, 0.3) is 0 Å². The summed E-state index contributed by atoms with van der Waals surface area (Å²) in [5, 5.41) is 8.83. The van der Waals surface area contributed by atoms with E-state index in [2.05, 4.69) is 9.72 Å². The molecule has 3 heterocycles. The van der Waals surface area contributed by atoms with Crippen molar-refractivity contribution in [3.05, 3.63) is 18.7 Å². The van der Waals surface area contributed by atoms with Crippen LogP contribution in [0.15, 0.2) is 18.7 Å². The molecule has 14 heteroatoms. The van der Waals surface area contributed by atoms with Crippen molar-refractivity contribution in [2.24, 2.45) is 0 Å². The van der Waals surface area contributed by atoms with Gasteiger partial charge in [0.2, 0.25) is 16.1 Å². The number of aliphatic hydroxyl groups excluding tert-OH is 1. The van der Waals surface area contributed by atoms with Crippen LogP contribution >= 0.6 is 0 Å². The fourth-order valence-electron chi connectivity index (χ4n) is 3.83. The Morgan fingerprint density at radius 1 is 1.28 bits per heavy atom. The lowest BCUT2D eigenvalue weighted by atomic mass is 9.90. The average molecular weight is 484 g/mol. The summed E-state index contributed by atoms with van der Waals surface area (Å²) in [4.78, 5) is 17.1. The molecule has 0 radical (unpaired) electrons. The summed E-state index contributed by atoms with van der Waals surface area (Å²) in [6.07, 6.45) is -2.67. The van der Waals surface area contributed by atoms with Crippen LogP contribution in [0, 0.1) is 0 Å². The van der Waals surface area contributed by atoms with Gasteiger partial charge in [-0.15, -0.1) is 0 Å². The number of aryl methyl sites for hydroxylation is 1. The summed E-state index contributed by atoms with van der Waals surface area (Å²) < 4.78 is 77.2. The number of carbonyl (C=O) groups excluding carboxylic acids is 1. The van der Waals surface area contributed by atoms with E-state index in [1.54, 1.807) is 23.3 Å². The number of hydrogen-bond donors (Lipinski definition) is 1. The lowest BCUT2D eigenvalue weighted by Gasteiger charge is -2.46. The number of aliphatic hydroxyl groups is 1. The molecular weight excluding hydrogens is 457 g/mol. The maximum Gasteiger partial charge on any atom is 0.427 e. The van der Waals surface area contributed by atoms with Crippen LogP contribution in [0.3, 0.4) is 0 Å². The lowest BCUT2D eigenvalue weighted by molar-refractivity contribution is -0.215. The number of halogens is 3. The number of aromatic nitrogens is 2. The fraction of sp³-hybridized carbons (Fsp3) is 0.778. The summed E-state index contributed by atoms with van der Waals surface area (Å²) in [5.74, 6) is -0.0281. The highest BCUT2D eigenvalue weighted by molar-refractivity contribution is 7.89. The second kappa shape index (κ2) is 9.93. The van der Waals surface area contributed by atoms with Gasteiger partial charge in [-0.05, 0) is 19.3 Å². The molecule has 0 unspecified atom stereocenters. The molecule has 1 spiro atoms. The molecule has 2 saturated heterocycles. The number of alkyl halides is 3. The van der Waals surface area contributed by atoms with Gasteiger partial charge in [-0.3, -0.25) is 0 Å². The molecule has 1 aromatic heterocycles. The highest BCUT2D eigenvalue weighted by Crippen LogP contribution is 2.32. The van der Waals surface area contributed by atoms with Crippen LogP contribution in [-0.4, -0.2) is 101 Å². The number of morpholine rings is 1. The standard InChI is InChI=1S/C18H27F3N4O6S/c19-18(20,21)15(12-26)31-16(27)24-6-2-17(3-7-24)13-25(9-10-30-17)32(28,29)11-1-5-23-8-4-22-14-23/h4,8,14-15,26H,1-3,5-7,9-13H2/t15-/m1/s1. The van der Waals surface area contributed by atoms with Crippen molar-refractivity contribution in [1.82, 2.24) is 18.8 Å². The molecule has 2 aliphatic heterocycles. The first-order chi connectivity index (χ1) is 15.0. The molecule has 0 bridgehead atoms. The summed E-state index contributed by atoms with van der Waals surface area (Å²) in [5.41, 5.74) is -0.799. The molecule has 0 saturated carbocycles. The quantitative estimate of drug-likeness (QED) is 0.610. The molecule has 3 rings (SSSR count). The number of nitrogens with zero attached hydrogens (tertiary/aromatic N) is 4. The van der Waals surface area contributed by atoms with Crippen LogP contribution in [0.1, 0.15) is 19.3 Å². The van der Waals surface area contributed by atoms with Crippen molar-refractivity contribution >= 4 is 16.1 Å². The van der Waals surface area contributed by atoms with E-state index in [1.165, 1.54) is 4.31 Å². The molecular formula is C18H27F3N4O6S. The van der Waals surface area contributed by atoms with Crippen LogP contribution in [0.5, 0.6) is 0 Å². The van der Waals surface area contributed by atoms with Crippen LogP contribution in [0.4, 0.5) is 18.0 Å². The molecule has 1 amide bonds. The number of likely N-dealkylation sites (tertiary alicyclic amines) is 1. The number of carbonyl (C=O) groups is 1. The first-order valence-electron chi connectivity index (χ1n) is 10.3. The van der Waals surface area contributed by atoms with Gasteiger partial charge >= 0.3 is 12.3 Å². The van der Waals surface area contributed by atoms with Crippen LogP contribution in [-0.2, 0) is 26.0 Å². The maximum atomic E-state index is 12.8. The Labute approximate surface area is 183 Å². The third-order valence-electron chi connectivity index (χ3n) is 5.69. The maximum absolute atomic E-state index is 12.8. The molecule has 182 valence electrons. The van der Waals surface area contributed by atoms with Gasteiger partial charge in [0.25, 0.3) is 0 Å². The summed E-state index contributed by atoms with van der Waals surface area (Å²) in [6.45, 7) is -0.156. The smallest absolute Gasteiger partial charge is 0.427 e. The Bertz CT molecular complexity index is 857. The van der Waals surface area contributed by atoms with Gasteiger partial charge in [0, 0.05) is 45.1 Å². The third-order valence-corrected chi connectivity index (χ3v) is 7.59. The second-order valence-electron chi connectivity index (χ2n) is 7.92. The zero-order valence-corrected chi connectivity index (χ0v) is 18.2. The van der Waals surface area contributed by atoms with Crippen molar-refractivity contribution in [1.29, 1.82) is 0 Å². The SMILES string of the molecule is O=C(O[C@H](CO)C(F)(F)F)N1CCC2(CC1)CN(S(=O)(=O)CCCn1ccnc1)CCO2. The first-order valence-corrected chi connectivity index (χ1v) is 11.9. The van der Waals surface area contributed by atoms with E-state index in [1.807, 2.05) is 0 Å². The van der Waals surface area contributed by atoms with E-state index >= 15 is 0 Å². The minimum atomic E-state index is -4.86. The molecule has 0 aromatic carbocycles. The topological polar surface area (TPSA) is 114 Å². The summed E-state index contributed by atoms with van der Waals surface area (Å²) in [6, 6.07) is 0. The van der Waals surface area contributed by atoms with Gasteiger partial charge in [-0.1, -0.05) is 0 Å². The minimum Gasteiger partial charge on any atom is -0.434 e. The predicted molar refractivity (Wildman–Crippen MR) is 105 cm³/mol. The normalized spacial score (nSPS) is 20.9. The van der Waals surface area contributed by atoms with Crippen molar-refractivity contribution in [3.8, 4) is 0 Å². The summed E-state index contributed by atoms with van der Waals surface area (Å²) >= 11 is 0. The average Bonchev–Trinajstić information content (AvgIpc) is 3.25. The number of sulfonamides is 1. The highest BCUT2D eigenvalue weighted by Gasteiger charge is 2.46. The van der Waals surface area contributed by atoms with Gasteiger partial charge in [0.15, 0.2) is 0 Å². The second-order valence-corrected chi connectivity index (χ2v) is 10.0. The number of amides is 1. The van der Waals surface area contributed by atoms with E-state index in [0.717, 1.165) is 4.90 Å². The number of imidazole rings is 1. The number of rotatable bonds is 7. The van der Waals surface area contributed by atoms with Gasteiger partial charge in [-0.25, -0.2) is 18.2 Å². The predicted octanol–water partition coefficient (Wildman–Crippen LogP) is 0.830. The Hall–Kier alpha value is -1.90. The van der Waals surface area contributed by atoms with E-state index in [0.29, 0.717) is 13.0 Å². The Kier molecular flexibility index (Phi) is 7.68. The van der Waals surface area contributed by atoms with Gasteiger partial charge in [-0.2, -0.15) is 17.5 Å². The number of piperidine rings is 1. The van der Waals surface area contributed by atoms with Crippen LogP contribution in [0.2, 0.25) is 0 Å². The fourth-order valence-corrected chi connectivity index (χ4v) is 5.36. The molecule has 32 heavy (non-hydrogen) atoms. The molecule has 2 fully saturated rings. The molecule has 1 aromatic rings. The van der Waals surface area contributed by atoms with Crippen LogP contribution < -0.4 is 0 Å². The highest BCUT2D eigenvalue weighted by atomic mass is 32.2. The Morgan fingerprint density at radius 2 is 2.00 bits per heavy atom. The van der Waals surface area contributed by atoms with Crippen molar-refractivity contribution in [3.63, 3.8) is 0 Å². The van der Waals surface area contributed by atoms with Gasteiger partial charge < -0.3 is 24.0 Å². The Balaban J connectivity index is 1.52. The van der Waals surface area contributed by atoms with Crippen molar-refractivity contribution in [2.45, 2.75) is 43.7 Å². The first kappa shape index (κ1) is 24.7. The lowest BCUT2D eigenvalue weighted by Crippen LogP contribution is -2.59. The Morgan fingerprint density at radius 3 is 2.59 bits per heavy atom. The van der Waals surface area contributed by atoms with E-state index in [9.17, 15) is 26.4 Å². The third kappa shape index (κ3) is 6.11. The molecule has 0 aliphatic carbocycles. The molecule has 1 N–H and O–H groups in total. The largest absolute Gasteiger partial charge is 0.434 e. The van der Waals surface area contributed by atoms with Crippen molar-refractivity contribution < 1.29 is 41.0 Å². The molecule has 1 atom stereocenters. The molecule has 2 aliphatic rings. The van der Waals surface area contributed by atoms with Gasteiger partial charge in [0.05, 0.1) is 30.9 Å². The zero-order chi connectivity index (χ0) is 23.4. The molecule has 10 nitrogen and oxygen atoms in total. The van der Waals surface area contributed by atoms with Crippen molar-refractivity contribution in [2.75, 3.05) is 45.1 Å². The van der Waals surface area contributed by atoms with E-state index in [4.69, 9.17) is 9.84 Å². The number of hydrogen-bond acceptors (Lipinski definition) is 7.